The summed E-state index contributed by atoms with van der Waals surface area (Å²) in [5.41, 5.74) is 5.57. The van der Waals surface area contributed by atoms with Crippen LogP contribution in [-0.2, 0) is 0 Å². The number of hydrogen-bond acceptors (Lipinski definition) is 3. The molecule has 3 nitrogen and oxygen atoms in total. The number of thiocarbonyl (C=S) groups is 1. The molecule has 3 N–H and O–H groups in total. The molecule has 0 spiro atoms. The Morgan fingerprint density at radius 2 is 2.00 bits per heavy atom. The molecule has 0 aromatic carbocycles. The molecular weight excluding hydrogens is 184 g/mol. The van der Waals surface area contributed by atoms with E-state index in [1.165, 1.54) is 0 Å². The zero-order valence-corrected chi connectivity index (χ0v) is 9.47. The van der Waals surface area contributed by atoms with E-state index in [0.29, 0.717) is 11.0 Å². The van der Waals surface area contributed by atoms with E-state index in [4.69, 9.17) is 23.1 Å². The van der Waals surface area contributed by atoms with E-state index in [2.05, 4.69) is 18.7 Å². The Kier molecular flexibility index (Phi) is 6.20. The lowest BCUT2D eigenvalue weighted by Crippen LogP contribution is -2.46. The van der Waals surface area contributed by atoms with Crippen LogP contribution >= 0.6 is 12.2 Å². The summed E-state index contributed by atoms with van der Waals surface area (Å²) in [6.07, 6.45) is 0.769. The molecule has 13 heavy (non-hydrogen) atoms. The van der Waals surface area contributed by atoms with Crippen molar-refractivity contribution in [2.45, 2.75) is 39.3 Å². The first-order valence-corrected chi connectivity index (χ1v) is 5.07. The molecule has 0 aliphatic rings. The number of nitrogens with zero attached hydrogens (tertiary/aromatic N) is 1. The van der Waals surface area contributed by atoms with Crippen LogP contribution in [0.3, 0.4) is 0 Å². The van der Waals surface area contributed by atoms with Gasteiger partial charge in [-0.2, -0.15) is 0 Å². The molecule has 0 aromatic heterocycles. The van der Waals surface area contributed by atoms with E-state index in [1.807, 2.05) is 6.92 Å². The number of aliphatic hydroxyl groups is 1. The summed E-state index contributed by atoms with van der Waals surface area (Å²) in [6, 6.07) is 0.518. The number of aliphatic hydroxyl groups excluding tert-OH is 1. The lowest BCUT2D eigenvalue weighted by Gasteiger charge is -2.31. The summed E-state index contributed by atoms with van der Waals surface area (Å²) >= 11 is 4.94. The fraction of sp³-hybridized carbons (Fsp3) is 0.889. The third-order valence-electron chi connectivity index (χ3n) is 2.15. The van der Waals surface area contributed by atoms with E-state index >= 15 is 0 Å². The van der Waals surface area contributed by atoms with Gasteiger partial charge in [0.05, 0.1) is 11.0 Å². The molecule has 1 atom stereocenters. The van der Waals surface area contributed by atoms with E-state index in [9.17, 15) is 0 Å². The Morgan fingerprint density at radius 1 is 1.46 bits per heavy atom. The quantitative estimate of drug-likeness (QED) is 0.627. The summed E-state index contributed by atoms with van der Waals surface area (Å²) in [7, 11) is 0. The maximum absolute atomic E-state index is 8.73. The van der Waals surface area contributed by atoms with Crippen molar-refractivity contribution in [3.63, 3.8) is 0 Å². The lowest BCUT2D eigenvalue weighted by atomic mass is 10.2. The minimum Gasteiger partial charge on any atom is -0.396 e. The van der Waals surface area contributed by atoms with Crippen LogP contribution in [0.1, 0.15) is 27.2 Å². The first kappa shape index (κ1) is 12.8. The van der Waals surface area contributed by atoms with E-state index < -0.39 is 0 Å². The van der Waals surface area contributed by atoms with Gasteiger partial charge in [-0.25, -0.2) is 0 Å². The van der Waals surface area contributed by atoms with Gasteiger partial charge in [0, 0.05) is 19.2 Å². The normalized spacial score (nSPS) is 13.7. The summed E-state index contributed by atoms with van der Waals surface area (Å²) < 4.78 is 0. The molecule has 4 heteroatoms. The Balaban J connectivity index is 4.15. The Bertz CT molecular complexity index is 162. The summed E-state index contributed by atoms with van der Waals surface area (Å²) in [4.78, 5) is 2.71. The molecular formula is C9H20N2OS. The highest BCUT2D eigenvalue weighted by atomic mass is 32.1. The zero-order valence-electron chi connectivity index (χ0n) is 8.66. The van der Waals surface area contributed by atoms with Crippen LogP contribution in [0.4, 0.5) is 0 Å². The summed E-state index contributed by atoms with van der Waals surface area (Å²) in [5, 5.41) is 8.73. The average molecular weight is 204 g/mol. The molecule has 78 valence electrons. The van der Waals surface area contributed by atoms with Crippen LogP contribution in [0.25, 0.3) is 0 Å². The third-order valence-corrected chi connectivity index (χ3v) is 2.49. The smallest absolute Gasteiger partial charge is 0.0899 e. The van der Waals surface area contributed by atoms with Crippen molar-refractivity contribution in [3.8, 4) is 0 Å². The van der Waals surface area contributed by atoms with Gasteiger partial charge in [-0.05, 0) is 27.2 Å². The first-order valence-electron chi connectivity index (χ1n) is 4.66. The standard InChI is InChI=1S/C9H20N2OS/c1-7(2)11(5-4-6-12)8(3)9(10)13/h7-8,12H,4-6H2,1-3H3,(H2,10,13). The predicted molar refractivity (Wildman–Crippen MR) is 59.8 cm³/mol. The Hall–Kier alpha value is -0.190. The van der Waals surface area contributed by atoms with Gasteiger partial charge < -0.3 is 10.8 Å². The predicted octanol–water partition coefficient (Wildman–Crippen LogP) is 0.754. The number of hydrogen-bond donors (Lipinski definition) is 2. The van der Waals surface area contributed by atoms with Crippen molar-refractivity contribution in [2.24, 2.45) is 5.73 Å². The van der Waals surface area contributed by atoms with Crippen molar-refractivity contribution in [3.05, 3.63) is 0 Å². The van der Waals surface area contributed by atoms with E-state index in [1.54, 1.807) is 0 Å². The SMILES string of the molecule is CC(C)N(CCCO)C(C)C(N)=S. The second-order valence-electron chi connectivity index (χ2n) is 3.49. The van der Waals surface area contributed by atoms with Gasteiger partial charge in [0.25, 0.3) is 0 Å². The summed E-state index contributed by atoms with van der Waals surface area (Å²) in [5.74, 6) is 0. The van der Waals surface area contributed by atoms with Crippen molar-refractivity contribution in [2.75, 3.05) is 13.2 Å². The number of nitrogens with two attached hydrogens (primary N) is 1. The first-order chi connectivity index (χ1) is 6.00. The van der Waals surface area contributed by atoms with Crippen molar-refractivity contribution in [1.82, 2.24) is 4.90 Å². The lowest BCUT2D eigenvalue weighted by molar-refractivity contribution is 0.178. The van der Waals surface area contributed by atoms with Gasteiger partial charge in [-0.3, -0.25) is 4.90 Å². The molecule has 0 rings (SSSR count). The Labute approximate surface area is 85.9 Å². The minimum absolute atomic E-state index is 0.113. The molecule has 0 aliphatic heterocycles. The maximum Gasteiger partial charge on any atom is 0.0899 e. The molecule has 0 saturated carbocycles. The summed E-state index contributed by atoms with van der Waals surface area (Å²) in [6.45, 7) is 7.26. The van der Waals surface area contributed by atoms with Gasteiger partial charge in [-0.15, -0.1) is 0 Å². The van der Waals surface area contributed by atoms with Gasteiger partial charge in [0.2, 0.25) is 0 Å². The van der Waals surface area contributed by atoms with Crippen LogP contribution in [0.15, 0.2) is 0 Å². The number of rotatable bonds is 6. The molecule has 0 amide bonds. The average Bonchev–Trinajstić information content (AvgIpc) is 2.04. The highest BCUT2D eigenvalue weighted by Gasteiger charge is 2.18. The van der Waals surface area contributed by atoms with Crippen LogP contribution in [0.2, 0.25) is 0 Å². The second kappa shape index (κ2) is 6.29. The Morgan fingerprint density at radius 3 is 2.31 bits per heavy atom. The molecule has 0 fully saturated rings. The van der Waals surface area contributed by atoms with Crippen LogP contribution in [-0.4, -0.2) is 40.2 Å². The molecule has 0 bridgehead atoms. The third kappa shape index (κ3) is 4.55. The minimum atomic E-state index is 0.113. The highest BCUT2D eigenvalue weighted by Crippen LogP contribution is 2.06. The van der Waals surface area contributed by atoms with Crippen LogP contribution in [0, 0.1) is 0 Å². The molecule has 0 aliphatic carbocycles. The zero-order chi connectivity index (χ0) is 10.4. The van der Waals surface area contributed by atoms with Gasteiger partial charge >= 0.3 is 0 Å². The van der Waals surface area contributed by atoms with E-state index in [-0.39, 0.29) is 12.6 Å². The van der Waals surface area contributed by atoms with Gasteiger partial charge in [0.15, 0.2) is 0 Å². The van der Waals surface area contributed by atoms with Crippen molar-refractivity contribution >= 4 is 17.2 Å². The van der Waals surface area contributed by atoms with Gasteiger partial charge in [0.1, 0.15) is 0 Å². The van der Waals surface area contributed by atoms with E-state index in [0.717, 1.165) is 13.0 Å². The molecule has 0 radical (unpaired) electrons. The van der Waals surface area contributed by atoms with Crippen molar-refractivity contribution < 1.29 is 5.11 Å². The molecule has 0 saturated heterocycles. The largest absolute Gasteiger partial charge is 0.396 e. The second-order valence-corrected chi connectivity index (χ2v) is 3.96. The highest BCUT2D eigenvalue weighted by molar-refractivity contribution is 7.80. The molecule has 0 heterocycles. The van der Waals surface area contributed by atoms with Crippen molar-refractivity contribution in [1.29, 1.82) is 0 Å². The maximum atomic E-state index is 8.73. The fourth-order valence-corrected chi connectivity index (χ4v) is 1.45. The van der Waals surface area contributed by atoms with Crippen LogP contribution < -0.4 is 5.73 Å². The van der Waals surface area contributed by atoms with Crippen LogP contribution in [0.5, 0.6) is 0 Å². The monoisotopic (exact) mass is 204 g/mol. The molecule has 0 aromatic rings. The topological polar surface area (TPSA) is 49.5 Å². The molecule has 1 unspecified atom stereocenters. The fourth-order valence-electron chi connectivity index (χ4n) is 1.32. The van der Waals surface area contributed by atoms with Gasteiger partial charge in [-0.1, -0.05) is 12.2 Å².